The van der Waals surface area contributed by atoms with Crippen LogP contribution in [-0.2, 0) is 0 Å². The number of benzene rings is 1. The van der Waals surface area contributed by atoms with E-state index in [9.17, 15) is 9.59 Å². The molecule has 100 valence electrons. The highest BCUT2D eigenvalue weighted by atomic mass is 35.5. The minimum absolute atomic E-state index is 0.175. The minimum Gasteiger partial charge on any atom is -0.456 e. The molecule has 0 saturated carbocycles. The largest absolute Gasteiger partial charge is 0.456 e. The van der Waals surface area contributed by atoms with Gasteiger partial charge in [-0.2, -0.15) is 0 Å². The van der Waals surface area contributed by atoms with Gasteiger partial charge in [-0.3, -0.25) is 9.59 Å². The number of nitrogens with zero attached hydrogens (tertiary/aromatic N) is 2. The second kappa shape index (κ2) is 4.51. The topological polar surface area (TPSA) is 53.8 Å². The van der Waals surface area contributed by atoms with Crippen LogP contribution in [0.5, 0.6) is 0 Å². The number of halogens is 1. The fraction of sp³-hybridized carbons (Fsp3) is 0.385. The Labute approximate surface area is 115 Å². The molecule has 0 aliphatic carbocycles. The van der Waals surface area contributed by atoms with Crippen LogP contribution in [-0.4, -0.2) is 54.2 Å². The second-order valence-corrected chi connectivity index (χ2v) is 5.13. The van der Waals surface area contributed by atoms with E-state index in [-0.39, 0.29) is 11.5 Å². The number of hydrogen-bond acceptors (Lipinski definition) is 4. The number of rotatable bonds is 2. The van der Waals surface area contributed by atoms with Gasteiger partial charge in [-0.1, -0.05) is 0 Å². The van der Waals surface area contributed by atoms with Crippen molar-refractivity contribution in [2.24, 2.45) is 0 Å². The van der Waals surface area contributed by atoms with Crippen LogP contribution in [0.3, 0.4) is 0 Å². The highest BCUT2D eigenvalue weighted by Crippen LogP contribution is 2.31. The fourth-order valence-corrected chi connectivity index (χ4v) is 2.62. The van der Waals surface area contributed by atoms with E-state index < -0.39 is 5.24 Å². The summed E-state index contributed by atoms with van der Waals surface area (Å²) in [6, 6.07) is 3.35. The molecule has 0 N–H and O–H groups in total. The molecule has 2 aromatic rings. The van der Waals surface area contributed by atoms with E-state index >= 15 is 0 Å². The lowest BCUT2D eigenvalue weighted by Gasteiger charge is -2.32. The Morgan fingerprint density at radius 1 is 1.11 bits per heavy atom. The Balaban J connectivity index is 1.94. The molecular weight excluding hydrogens is 268 g/mol. The summed E-state index contributed by atoms with van der Waals surface area (Å²) in [5.41, 5.74) is 1.32. The van der Waals surface area contributed by atoms with Crippen molar-refractivity contribution < 1.29 is 14.0 Å². The van der Waals surface area contributed by atoms with E-state index in [1.165, 1.54) is 0 Å². The molecule has 1 amide bonds. The monoisotopic (exact) mass is 280 g/mol. The molecule has 1 aliphatic rings. The van der Waals surface area contributed by atoms with Crippen LogP contribution in [0.2, 0.25) is 0 Å². The average Bonchev–Trinajstić information content (AvgIpc) is 2.98. The number of hydrogen-bond donors (Lipinski definition) is 0. The molecule has 0 unspecified atom stereocenters. The van der Waals surface area contributed by atoms with Crippen LogP contribution in [0.1, 0.15) is 20.7 Å². The molecule has 0 spiro atoms. The third kappa shape index (κ3) is 1.99. The molecule has 6 heteroatoms. The van der Waals surface area contributed by atoms with Gasteiger partial charge in [0.05, 0.1) is 11.1 Å². The SMILES string of the molecule is CN1CCN(C(=O)c2c(C(=O)Cl)c3ccc2o3)CC1. The Kier molecular flexibility index (Phi) is 2.95. The molecule has 1 saturated heterocycles. The van der Waals surface area contributed by atoms with Gasteiger partial charge in [0.25, 0.3) is 11.1 Å². The van der Waals surface area contributed by atoms with E-state index in [1.54, 1.807) is 17.0 Å². The number of amides is 1. The smallest absolute Gasteiger partial charge is 0.258 e. The lowest BCUT2D eigenvalue weighted by molar-refractivity contribution is 0.0663. The Morgan fingerprint density at radius 3 is 2.26 bits per heavy atom. The van der Waals surface area contributed by atoms with Crippen LogP contribution in [0.25, 0.3) is 11.2 Å². The van der Waals surface area contributed by atoms with Crippen molar-refractivity contribution in [3.8, 4) is 0 Å². The van der Waals surface area contributed by atoms with E-state index in [1.807, 2.05) is 7.05 Å². The predicted molar refractivity (Wildman–Crippen MR) is 71.0 cm³/mol. The summed E-state index contributed by atoms with van der Waals surface area (Å²) in [6.45, 7) is 2.95. The summed E-state index contributed by atoms with van der Waals surface area (Å²) in [5.74, 6) is -0.175. The van der Waals surface area contributed by atoms with Gasteiger partial charge in [-0.05, 0) is 30.8 Å². The van der Waals surface area contributed by atoms with E-state index in [2.05, 4.69) is 4.90 Å². The summed E-state index contributed by atoms with van der Waals surface area (Å²) in [7, 11) is 2.02. The zero-order valence-electron chi connectivity index (χ0n) is 10.5. The van der Waals surface area contributed by atoms with Crippen molar-refractivity contribution >= 4 is 33.9 Å². The van der Waals surface area contributed by atoms with Crippen molar-refractivity contribution in [2.75, 3.05) is 33.2 Å². The van der Waals surface area contributed by atoms with Crippen LogP contribution < -0.4 is 0 Å². The van der Waals surface area contributed by atoms with Gasteiger partial charge >= 0.3 is 0 Å². The maximum Gasteiger partial charge on any atom is 0.258 e. The van der Waals surface area contributed by atoms with Crippen molar-refractivity contribution in [2.45, 2.75) is 0 Å². The highest BCUT2D eigenvalue weighted by molar-refractivity contribution is 6.69. The molecule has 1 fully saturated rings. The molecular formula is C13H13ClN2O3. The van der Waals surface area contributed by atoms with Crippen LogP contribution in [0.4, 0.5) is 0 Å². The van der Waals surface area contributed by atoms with Gasteiger partial charge in [0.2, 0.25) is 0 Å². The Morgan fingerprint density at radius 2 is 1.68 bits per heavy atom. The lowest BCUT2D eigenvalue weighted by Crippen LogP contribution is -2.47. The predicted octanol–water partition coefficient (Wildman–Crippen LogP) is 1.64. The van der Waals surface area contributed by atoms with Gasteiger partial charge < -0.3 is 14.2 Å². The first-order chi connectivity index (χ1) is 9.08. The van der Waals surface area contributed by atoms with Gasteiger partial charge in [-0.25, -0.2) is 0 Å². The normalized spacial score (nSPS) is 17.3. The van der Waals surface area contributed by atoms with Crippen molar-refractivity contribution in [3.63, 3.8) is 0 Å². The van der Waals surface area contributed by atoms with Crippen molar-refractivity contribution in [3.05, 3.63) is 23.3 Å². The minimum atomic E-state index is -0.646. The molecule has 2 aromatic heterocycles. The summed E-state index contributed by atoms with van der Waals surface area (Å²) in [6.07, 6.45) is 0. The molecule has 0 aromatic carbocycles. The highest BCUT2D eigenvalue weighted by Gasteiger charge is 2.30. The Hall–Kier alpha value is -1.59. The molecule has 0 atom stereocenters. The summed E-state index contributed by atoms with van der Waals surface area (Å²) in [4.78, 5) is 27.9. The maximum absolute atomic E-state index is 12.5. The van der Waals surface area contributed by atoms with Crippen molar-refractivity contribution in [1.82, 2.24) is 9.80 Å². The Bertz CT molecular complexity index is 628. The molecule has 1 aliphatic heterocycles. The van der Waals surface area contributed by atoms with Gasteiger partial charge in [0.15, 0.2) is 0 Å². The van der Waals surface area contributed by atoms with Crippen LogP contribution in [0.15, 0.2) is 16.5 Å². The van der Waals surface area contributed by atoms with E-state index in [0.29, 0.717) is 29.8 Å². The molecule has 5 nitrogen and oxygen atoms in total. The molecule has 0 radical (unpaired) electrons. The number of piperazine rings is 1. The zero-order valence-corrected chi connectivity index (χ0v) is 11.2. The first kappa shape index (κ1) is 12.4. The molecule has 3 heterocycles. The number of carbonyl (C=O) groups is 2. The summed E-state index contributed by atoms with van der Waals surface area (Å²) >= 11 is 5.56. The van der Waals surface area contributed by atoms with Gasteiger partial charge in [-0.15, -0.1) is 0 Å². The number of fused-ring (bicyclic) bond motifs is 2. The van der Waals surface area contributed by atoms with E-state index in [4.69, 9.17) is 16.0 Å². The summed E-state index contributed by atoms with van der Waals surface area (Å²) in [5, 5.41) is -0.646. The molecule has 2 bridgehead atoms. The zero-order chi connectivity index (χ0) is 13.6. The quantitative estimate of drug-likeness (QED) is 0.785. The lowest BCUT2D eigenvalue weighted by atomic mass is 10.1. The van der Waals surface area contributed by atoms with Crippen LogP contribution >= 0.6 is 11.6 Å². The molecule has 19 heavy (non-hydrogen) atoms. The second-order valence-electron chi connectivity index (χ2n) is 4.78. The number of carbonyl (C=O) groups excluding carboxylic acids is 2. The van der Waals surface area contributed by atoms with Gasteiger partial charge in [0.1, 0.15) is 11.2 Å². The number of furan rings is 2. The molecule has 3 rings (SSSR count). The van der Waals surface area contributed by atoms with Crippen molar-refractivity contribution in [1.29, 1.82) is 0 Å². The van der Waals surface area contributed by atoms with E-state index in [0.717, 1.165) is 13.1 Å². The third-order valence-corrected chi connectivity index (χ3v) is 3.74. The van der Waals surface area contributed by atoms with Gasteiger partial charge in [0, 0.05) is 26.2 Å². The summed E-state index contributed by atoms with van der Waals surface area (Å²) < 4.78 is 5.38. The average molecular weight is 281 g/mol. The third-order valence-electron chi connectivity index (χ3n) is 3.55. The standard InChI is InChI=1S/C13H13ClN2O3/c1-15-4-6-16(7-5-15)13(18)11-9-3-2-8(19-9)10(11)12(14)17/h2-3H,4-7H2,1H3. The first-order valence-corrected chi connectivity index (χ1v) is 6.48. The van der Waals surface area contributed by atoms with Crippen LogP contribution in [0, 0.1) is 0 Å². The number of likely N-dealkylation sites (N-methyl/N-ethyl adjacent to an activating group) is 1. The first-order valence-electron chi connectivity index (χ1n) is 6.10. The fourth-order valence-electron chi connectivity index (χ4n) is 2.43. The maximum atomic E-state index is 12.5.